The van der Waals surface area contributed by atoms with Crippen molar-refractivity contribution in [1.29, 1.82) is 0 Å². The molecule has 0 saturated carbocycles. The molecular formula is C46H49N3. The lowest BCUT2D eigenvalue weighted by Gasteiger charge is -2.35. The predicted octanol–water partition coefficient (Wildman–Crippen LogP) is 10.9. The second kappa shape index (κ2) is 19.8. The van der Waals surface area contributed by atoms with Crippen LogP contribution in [-0.2, 0) is 0 Å². The molecule has 2 heterocycles. The Kier molecular flexibility index (Phi) is 14.5. The molecule has 2 N–H and O–H groups in total. The zero-order valence-electron chi connectivity index (χ0n) is 28.9. The molecule has 2 aliphatic rings. The van der Waals surface area contributed by atoms with Gasteiger partial charge in [-0.1, -0.05) is 159 Å². The Bertz CT molecular complexity index is 1790. The third-order valence-corrected chi connectivity index (χ3v) is 8.07. The Morgan fingerprint density at radius 2 is 1.76 bits per heavy atom. The van der Waals surface area contributed by atoms with Gasteiger partial charge in [0, 0.05) is 35.7 Å². The van der Waals surface area contributed by atoms with E-state index in [9.17, 15) is 0 Å². The van der Waals surface area contributed by atoms with E-state index in [0.29, 0.717) is 6.54 Å². The summed E-state index contributed by atoms with van der Waals surface area (Å²) in [4.78, 5) is 2.39. The number of nitrogens with one attached hydrogen (secondary N) is 2. The molecule has 0 saturated heterocycles. The Morgan fingerprint density at radius 3 is 2.55 bits per heavy atom. The largest absolute Gasteiger partial charge is 0.382 e. The van der Waals surface area contributed by atoms with Crippen LogP contribution in [0.2, 0.25) is 0 Å². The number of dihydropyridines is 1. The van der Waals surface area contributed by atoms with Gasteiger partial charge in [-0.05, 0) is 78.5 Å². The molecular weight excluding hydrogens is 595 g/mol. The fraction of sp³-hybridized carbons (Fsp3) is 0.130. The zero-order chi connectivity index (χ0) is 34.7. The predicted molar refractivity (Wildman–Crippen MR) is 216 cm³/mol. The zero-order valence-corrected chi connectivity index (χ0v) is 28.9. The number of para-hydroxylation sites is 1. The van der Waals surface area contributed by atoms with Crippen LogP contribution in [0, 0.1) is 0 Å². The van der Waals surface area contributed by atoms with Crippen LogP contribution in [0.1, 0.15) is 31.4 Å². The fourth-order valence-corrected chi connectivity index (χ4v) is 5.40. The summed E-state index contributed by atoms with van der Waals surface area (Å²) in [6, 6.07) is 19.0. The van der Waals surface area contributed by atoms with Gasteiger partial charge < -0.3 is 15.5 Å². The molecule has 2 aliphatic heterocycles. The van der Waals surface area contributed by atoms with Crippen LogP contribution in [0.3, 0.4) is 0 Å². The van der Waals surface area contributed by atoms with E-state index in [0.717, 1.165) is 57.9 Å². The highest BCUT2D eigenvalue weighted by molar-refractivity contribution is 5.82. The highest BCUT2D eigenvalue weighted by Gasteiger charge is 2.21. The van der Waals surface area contributed by atoms with E-state index in [4.69, 9.17) is 0 Å². The van der Waals surface area contributed by atoms with Crippen LogP contribution in [0.5, 0.6) is 0 Å². The van der Waals surface area contributed by atoms with E-state index in [1.807, 2.05) is 44.2 Å². The van der Waals surface area contributed by atoms with Crippen LogP contribution in [0.4, 0.5) is 5.69 Å². The van der Waals surface area contributed by atoms with Crippen molar-refractivity contribution < 1.29 is 0 Å². The van der Waals surface area contributed by atoms with E-state index in [1.165, 1.54) is 5.56 Å². The van der Waals surface area contributed by atoms with Crippen molar-refractivity contribution >= 4 is 16.8 Å². The molecule has 0 radical (unpaired) electrons. The number of hydrogen-bond donors (Lipinski definition) is 2. The van der Waals surface area contributed by atoms with Gasteiger partial charge >= 0.3 is 0 Å². The van der Waals surface area contributed by atoms with Crippen LogP contribution in [0.15, 0.2) is 212 Å². The number of allylic oxidation sites excluding steroid dienone is 20. The molecule has 2 aromatic carbocycles. The number of benzene rings is 2. The smallest absolute Gasteiger partial charge is 0.119 e. The Hall–Kier alpha value is -5.80. The molecule has 4 rings (SSSR count). The average Bonchev–Trinajstić information content (AvgIpc) is 3.21. The number of rotatable bonds is 14. The highest BCUT2D eigenvalue weighted by Crippen LogP contribution is 2.32. The Morgan fingerprint density at radius 1 is 0.959 bits per heavy atom. The molecule has 248 valence electrons. The van der Waals surface area contributed by atoms with Crippen LogP contribution in [0.25, 0.3) is 11.1 Å². The van der Waals surface area contributed by atoms with Gasteiger partial charge in [0.05, 0.1) is 0 Å². The summed E-state index contributed by atoms with van der Waals surface area (Å²) in [7, 11) is 0. The minimum Gasteiger partial charge on any atom is -0.382 e. The van der Waals surface area contributed by atoms with Crippen molar-refractivity contribution in [3.63, 3.8) is 0 Å². The summed E-state index contributed by atoms with van der Waals surface area (Å²) >= 11 is 0. The van der Waals surface area contributed by atoms with Crippen LogP contribution < -0.4 is 15.5 Å². The van der Waals surface area contributed by atoms with Gasteiger partial charge in [-0.3, -0.25) is 0 Å². The maximum Gasteiger partial charge on any atom is 0.119 e. The summed E-state index contributed by atoms with van der Waals surface area (Å²) in [5.41, 5.74) is 9.81. The first-order valence-electron chi connectivity index (χ1n) is 16.9. The van der Waals surface area contributed by atoms with Crippen molar-refractivity contribution in [2.24, 2.45) is 0 Å². The summed E-state index contributed by atoms with van der Waals surface area (Å²) in [5, 5.41) is 7.15. The molecule has 0 aliphatic carbocycles. The molecule has 2 aromatic rings. The normalized spacial score (nSPS) is 19.0. The van der Waals surface area contributed by atoms with Gasteiger partial charge in [0.2, 0.25) is 0 Å². The van der Waals surface area contributed by atoms with Crippen molar-refractivity contribution in [1.82, 2.24) is 10.6 Å². The molecule has 0 aromatic heterocycles. The molecule has 1 unspecified atom stereocenters. The van der Waals surface area contributed by atoms with Crippen molar-refractivity contribution in [3.05, 3.63) is 223 Å². The van der Waals surface area contributed by atoms with Crippen LogP contribution in [-0.4, -0.2) is 19.3 Å². The van der Waals surface area contributed by atoms with Gasteiger partial charge in [-0.15, -0.1) is 0 Å². The molecule has 1 atom stereocenters. The standard InChI is InChI=1S/C46H49N3/c1-6-9-22-41(40-23-15-13-16-24-40)32-33-43-26-20-29-46(48-43)49-36-34-39(31-30-38(5)44-27-17-18-28-45(44)49)37(4)21-14-11-12-19-35-47-42(8-3)25-10-7-2/h6-20,22-34,46-48H,2,4-5,21,35-36H2,1,3H3/b9-6-,14-11-,19-12-,25-10-,31-30-,33-32+,39-34+,41-22+,42-8+. The fourth-order valence-electron chi connectivity index (χ4n) is 5.40. The number of anilines is 1. The number of hydrogen-bond acceptors (Lipinski definition) is 3. The monoisotopic (exact) mass is 643 g/mol. The average molecular weight is 644 g/mol. The molecule has 3 nitrogen and oxygen atoms in total. The second-order valence-electron chi connectivity index (χ2n) is 11.5. The lowest BCUT2D eigenvalue weighted by Crippen LogP contribution is -2.45. The van der Waals surface area contributed by atoms with Gasteiger partial charge in [-0.2, -0.15) is 0 Å². The van der Waals surface area contributed by atoms with E-state index in [1.54, 1.807) is 6.08 Å². The molecule has 0 spiro atoms. The third kappa shape index (κ3) is 11.2. The van der Waals surface area contributed by atoms with E-state index in [2.05, 4.69) is 169 Å². The maximum absolute atomic E-state index is 4.45. The van der Waals surface area contributed by atoms with Gasteiger partial charge in [0.25, 0.3) is 0 Å². The molecule has 3 heteroatoms. The summed E-state index contributed by atoms with van der Waals surface area (Å²) in [6.07, 6.45) is 40.4. The second-order valence-corrected chi connectivity index (χ2v) is 11.5. The summed E-state index contributed by atoms with van der Waals surface area (Å²) < 4.78 is 0. The summed E-state index contributed by atoms with van der Waals surface area (Å²) in [5.74, 6) is 0. The molecule has 0 bridgehead atoms. The highest BCUT2D eigenvalue weighted by atomic mass is 15.3. The SMILES string of the molecule is C=C/C=C\C(=C/C)NC/C=C\C=C/CC(=C)C1=C/CN(C2C=CC=C(/C=C/C(=C\C=C/C)c3ccccc3)N2)c2ccccc2C(=C)/C=C\1. The van der Waals surface area contributed by atoms with Crippen molar-refractivity contribution in [3.8, 4) is 0 Å². The van der Waals surface area contributed by atoms with Gasteiger partial charge in [0.1, 0.15) is 6.17 Å². The minimum absolute atomic E-state index is 0.0591. The van der Waals surface area contributed by atoms with Crippen LogP contribution >= 0.6 is 0 Å². The van der Waals surface area contributed by atoms with E-state index >= 15 is 0 Å². The van der Waals surface area contributed by atoms with Crippen molar-refractivity contribution in [2.45, 2.75) is 26.4 Å². The Labute approximate surface area is 294 Å². The lowest BCUT2D eigenvalue weighted by molar-refractivity contribution is 0.637. The topological polar surface area (TPSA) is 27.3 Å². The quantitative estimate of drug-likeness (QED) is 0.201. The number of nitrogens with zero attached hydrogens (tertiary/aromatic N) is 1. The van der Waals surface area contributed by atoms with Crippen molar-refractivity contribution in [2.75, 3.05) is 18.0 Å². The van der Waals surface area contributed by atoms with Gasteiger partial charge in [-0.25, -0.2) is 0 Å². The van der Waals surface area contributed by atoms with E-state index in [-0.39, 0.29) is 6.17 Å². The molecule has 49 heavy (non-hydrogen) atoms. The lowest BCUT2D eigenvalue weighted by atomic mass is 10.0. The number of fused-ring (bicyclic) bond motifs is 1. The first kappa shape index (κ1) is 36.0. The molecule has 0 fully saturated rings. The van der Waals surface area contributed by atoms with E-state index < -0.39 is 0 Å². The maximum atomic E-state index is 4.45. The first-order valence-corrected chi connectivity index (χ1v) is 16.9. The Balaban J connectivity index is 1.48. The van der Waals surface area contributed by atoms with Gasteiger partial charge in [0.15, 0.2) is 0 Å². The molecule has 0 amide bonds. The first-order chi connectivity index (χ1) is 24.0. The minimum atomic E-state index is -0.0591. The third-order valence-electron chi connectivity index (χ3n) is 8.07. The summed E-state index contributed by atoms with van der Waals surface area (Å²) in [6.45, 7) is 18.1.